The average Bonchev–Trinajstić information content (AvgIpc) is 2.73. The summed E-state index contributed by atoms with van der Waals surface area (Å²) in [5, 5.41) is 9.90. The molecule has 0 bridgehead atoms. The molecule has 0 aliphatic heterocycles. The van der Waals surface area contributed by atoms with Gasteiger partial charge in [-0.3, -0.25) is 0 Å². The Hall–Kier alpha value is -0.900. The predicted octanol–water partition coefficient (Wildman–Crippen LogP) is 1.62. The van der Waals surface area contributed by atoms with E-state index >= 15 is 0 Å². The second-order valence-electron chi connectivity index (χ2n) is 4.39. The minimum atomic E-state index is -0.547. The third-order valence-corrected chi connectivity index (χ3v) is 3.16. The Morgan fingerprint density at radius 2 is 2.06 bits per heavy atom. The predicted molar refractivity (Wildman–Crippen MR) is 63.0 cm³/mol. The molecule has 0 saturated heterocycles. The van der Waals surface area contributed by atoms with E-state index in [-0.39, 0.29) is 12.1 Å². The fourth-order valence-electron chi connectivity index (χ4n) is 2.15. The fourth-order valence-corrected chi connectivity index (χ4v) is 2.15. The van der Waals surface area contributed by atoms with Gasteiger partial charge in [-0.25, -0.2) is 0 Å². The van der Waals surface area contributed by atoms with Crippen molar-refractivity contribution in [3.8, 4) is 0 Å². The molecule has 0 radical (unpaired) electrons. The smallest absolute Gasteiger partial charge is 0.102 e. The third-order valence-electron chi connectivity index (χ3n) is 3.16. The van der Waals surface area contributed by atoms with E-state index in [1.54, 1.807) is 0 Å². The van der Waals surface area contributed by atoms with Gasteiger partial charge in [0.15, 0.2) is 0 Å². The normalized spacial score (nSPS) is 26.9. The number of aliphatic hydroxyl groups excluding tert-OH is 1. The molecule has 16 heavy (non-hydrogen) atoms. The van der Waals surface area contributed by atoms with Crippen LogP contribution >= 0.6 is 0 Å². The van der Waals surface area contributed by atoms with Crippen LogP contribution in [-0.4, -0.2) is 23.9 Å². The van der Waals surface area contributed by atoms with Crippen LogP contribution in [0, 0.1) is 0 Å². The summed E-state index contributed by atoms with van der Waals surface area (Å²) in [5.74, 6) is 0. The molecule has 2 rings (SSSR count). The summed E-state index contributed by atoms with van der Waals surface area (Å²) in [6.07, 6.45) is 2.76. The molecule has 1 fully saturated rings. The van der Waals surface area contributed by atoms with Gasteiger partial charge < -0.3 is 15.6 Å². The number of hydrogen-bond donors (Lipinski definition) is 2. The second kappa shape index (κ2) is 5.43. The van der Waals surface area contributed by atoms with Crippen LogP contribution in [0.15, 0.2) is 30.3 Å². The topological polar surface area (TPSA) is 55.5 Å². The second-order valence-corrected chi connectivity index (χ2v) is 4.39. The highest BCUT2D eigenvalue weighted by Gasteiger charge is 2.25. The average molecular weight is 221 g/mol. The van der Waals surface area contributed by atoms with Gasteiger partial charge in [-0.2, -0.15) is 0 Å². The van der Waals surface area contributed by atoms with Crippen molar-refractivity contribution in [2.75, 3.05) is 6.61 Å². The lowest BCUT2D eigenvalue weighted by atomic mass is 10.1. The molecule has 1 saturated carbocycles. The van der Waals surface area contributed by atoms with Crippen molar-refractivity contribution in [1.29, 1.82) is 0 Å². The molecule has 0 spiro atoms. The van der Waals surface area contributed by atoms with E-state index in [1.165, 1.54) is 0 Å². The van der Waals surface area contributed by atoms with E-state index in [0.717, 1.165) is 24.8 Å². The quantitative estimate of drug-likeness (QED) is 0.812. The zero-order chi connectivity index (χ0) is 11.4. The molecule has 1 aliphatic rings. The lowest BCUT2D eigenvalue weighted by Crippen LogP contribution is -2.32. The summed E-state index contributed by atoms with van der Waals surface area (Å²) in [5.41, 5.74) is 6.79. The van der Waals surface area contributed by atoms with Crippen molar-refractivity contribution >= 4 is 0 Å². The minimum Gasteiger partial charge on any atom is -0.386 e. The number of ether oxygens (including phenoxy) is 1. The molecule has 3 nitrogen and oxygen atoms in total. The van der Waals surface area contributed by atoms with Gasteiger partial charge >= 0.3 is 0 Å². The highest BCUT2D eigenvalue weighted by Crippen LogP contribution is 2.22. The van der Waals surface area contributed by atoms with Crippen molar-refractivity contribution in [1.82, 2.24) is 0 Å². The Balaban J connectivity index is 1.82. The van der Waals surface area contributed by atoms with Gasteiger partial charge in [0.25, 0.3) is 0 Å². The van der Waals surface area contributed by atoms with E-state index in [2.05, 4.69) is 0 Å². The number of nitrogens with two attached hydrogens (primary N) is 1. The molecule has 3 heteroatoms. The van der Waals surface area contributed by atoms with E-state index in [1.807, 2.05) is 30.3 Å². The third kappa shape index (κ3) is 2.82. The summed E-state index contributed by atoms with van der Waals surface area (Å²) in [4.78, 5) is 0. The van der Waals surface area contributed by atoms with Crippen LogP contribution in [0.2, 0.25) is 0 Å². The molecule has 0 heterocycles. The van der Waals surface area contributed by atoms with Crippen molar-refractivity contribution in [3.05, 3.63) is 35.9 Å². The van der Waals surface area contributed by atoms with E-state index in [9.17, 15) is 5.11 Å². The monoisotopic (exact) mass is 221 g/mol. The van der Waals surface area contributed by atoms with Crippen molar-refractivity contribution in [2.24, 2.45) is 5.73 Å². The van der Waals surface area contributed by atoms with Crippen LogP contribution in [0.1, 0.15) is 30.9 Å². The first-order chi connectivity index (χ1) is 7.77. The maximum Gasteiger partial charge on any atom is 0.102 e. The molecule has 3 N–H and O–H groups in total. The first kappa shape index (κ1) is 11.6. The highest BCUT2D eigenvalue weighted by atomic mass is 16.5. The number of aliphatic hydroxyl groups is 1. The van der Waals surface area contributed by atoms with Crippen LogP contribution < -0.4 is 5.73 Å². The molecule has 3 unspecified atom stereocenters. The first-order valence-electron chi connectivity index (χ1n) is 5.87. The van der Waals surface area contributed by atoms with Gasteiger partial charge in [-0.15, -0.1) is 0 Å². The number of benzene rings is 1. The SMILES string of the molecule is NC1CCCC1OCC(O)c1ccccc1. The molecule has 1 aromatic carbocycles. The molecule has 1 aromatic rings. The van der Waals surface area contributed by atoms with Crippen molar-refractivity contribution < 1.29 is 9.84 Å². The highest BCUT2D eigenvalue weighted by molar-refractivity contribution is 5.17. The fraction of sp³-hybridized carbons (Fsp3) is 0.538. The van der Waals surface area contributed by atoms with Gasteiger partial charge in [0.2, 0.25) is 0 Å². The van der Waals surface area contributed by atoms with Crippen LogP contribution in [-0.2, 0) is 4.74 Å². The Labute approximate surface area is 96.2 Å². The Bertz CT molecular complexity index is 315. The van der Waals surface area contributed by atoms with Gasteiger partial charge in [0.1, 0.15) is 6.10 Å². The largest absolute Gasteiger partial charge is 0.386 e. The van der Waals surface area contributed by atoms with Gasteiger partial charge in [0, 0.05) is 6.04 Å². The maximum atomic E-state index is 9.90. The van der Waals surface area contributed by atoms with Gasteiger partial charge in [-0.1, -0.05) is 30.3 Å². The summed E-state index contributed by atoms with van der Waals surface area (Å²) in [6.45, 7) is 0.336. The summed E-state index contributed by atoms with van der Waals surface area (Å²) >= 11 is 0. The van der Waals surface area contributed by atoms with Crippen molar-refractivity contribution in [2.45, 2.75) is 37.5 Å². The van der Waals surface area contributed by atoms with E-state index in [0.29, 0.717) is 6.61 Å². The lowest BCUT2D eigenvalue weighted by molar-refractivity contribution is -0.0129. The Morgan fingerprint density at radius 3 is 2.69 bits per heavy atom. The van der Waals surface area contributed by atoms with Crippen LogP contribution in [0.5, 0.6) is 0 Å². The molecule has 3 atom stereocenters. The zero-order valence-electron chi connectivity index (χ0n) is 9.38. The van der Waals surface area contributed by atoms with Gasteiger partial charge in [0.05, 0.1) is 12.7 Å². The first-order valence-corrected chi connectivity index (χ1v) is 5.87. The van der Waals surface area contributed by atoms with Crippen LogP contribution in [0.4, 0.5) is 0 Å². The molecule has 0 aromatic heterocycles. The Morgan fingerprint density at radius 1 is 1.31 bits per heavy atom. The number of rotatable bonds is 4. The van der Waals surface area contributed by atoms with Crippen LogP contribution in [0.25, 0.3) is 0 Å². The molecular weight excluding hydrogens is 202 g/mol. The molecule has 1 aliphatic carbocycles. The summed E-state index contributed by atoms with van der Waals surface area (Å²) < 4.78 is 5.66. The van der Waals surface area contributed by atoms with Crippen LogP contribution in [0.3, 0.4) is 0 Å². The standard InChI is InChI=1S/C13H19NO2/c14-11-7-4-8-13(11)16-9-12(15)10-5-2-1-3-6-10/h1-3,5-6,11-13,15H,4,7-9,14H2. The van der Waals surface area contributed by atoms with Gasteiger partial charge in [-0.05, 0) is 24.8 Å². The maximum absolute atomic E-state index is 9.90. The summed E-state index contributed by atoms with van der Waals surface area (Å²) in [6, 6.07) is 9.72. The van der Waals surface area contributed by atoms with E-state index < -0.39 is 6.10 Å². The Kier molecular flexibility index (Phi) is 3.93. The summed E-state index contributed by atoms with van der Waals surface area (Å²) in [7, 11) is 0. The number of hydrogen-bond acceptors (Lipinski definition) is 3. The zero-order valence-corrected chi connectivity index (χ0v) is 9.38. The molecule has 88 valence electrons. The molecular formula is C13H19NO2. The molecule has 0 amide bonds. The lowest BCUT2D eigenvalue weighted by Gasteiger charge is -2.19. The van der Waals surface area contributed by atoms with Crippen molar-refractivity contribution in [3.63, 3.8) is 0 Å². The van der Waals surface area contributed by atoms with E-state index in [4.69, 9.17) is 10.5 Å². The minimum absolute atomic E-state index is 0.123.